The summed E-state index contributed by atoms with van der Waals surface area (Å²) >= 11 is 0. The van der Waals surface area contributed by atoms with Crippen LogP contribution < -0.4 is 14.8 Å². The third kappa shape index (κ3) is 6.16. The van der Waals surface area contributed by atoms with E-state index >= 15 is 0 Å². The van der Waals surface area contributed by atoms with Gasteiger partial charge in [0.25, 0.3) is 0 Å². The molecule has 0 aliphatic rings. The molecule has 0 atom stereocenters. The average molecular weight is 355 g/mol. The van der Waals surface area contributed by atoms with Crippen LogP contribution in [0.4, 0.5) is 5.69 Å². The Labute approximate surface area is 154 Å². The Kier molecular flexibility index (Phi) is 7.09. The number of aromatic hydroxyl groups is 1. The van der Waals surface area contributed by atoms with E-state index < -0.39 is 0 Å². The predicted molar refractivity (Wildman–Crippen MR) is 104 cm³/mol. The second-order valence-corrected chi connectivity index (χ2v) is 6.31. The normalized spacial score (nSPS) is 10.9. The minimum atomic E-state index is -0.257. The molecule has 1 amide bonds. The number of benzene rings is 2. The van der Waals surface area contributed by atoms with E-state index in [0.717, 1.165) is 12.0 Å². The van der Waals surface area contributed by atoms with Gasteiger partial charge in [0.2, 0.25) is 5.91 Å². The molecule has 0 bridgehead atoms. The molecule has 26 heavy (non-hydrogen) atoms. The highest BCUT2D eigenvalue weighted by Gasteiger charge is 2.06. The fraction of sp³-hybridized carbons (Fsp3) is 0.286. The first-order valence-electron chi connectivity index (χ1n) is 8.57. The van der Waals surface area contributed by atoms with Crippen molar-refractivity contribution in [2.45, 2.75) is 20.3 Å². The number of rotatable bonds is 8. The summed E-state index contributed by atoms with van der Waals surface area (Å²) in [5.41, 5.74) is 1.45. The summed E-state index contributed by atoms with van der Waals surface area (Å²) < 4.78 is 11.1. The maximum Gasteiger partial charge on any atom is 0.248 e. The summed E-state index contributed by atoms with van der Waals surface area (Å²) in [6.07, 6.45) is 4.12. The van der Waals surface area contributed by atoms with Gasteiger partial charge in [0.05, 0.1) is 13.7 Å². The fourth-order valence-corrected chi connectivity index (χ4v) is 2.21. The number of hydrogen-bond donors (Lipinski definition) is 2. The minimum absolute atomic E-state index is 0.154. The molecule has 0 aliphatic carbocycles. The quantitative estimate of drug-likeness (QED) is 0.541. The molecular formula is C21H25NO4. The van der Waals surface area contributed by atoms with Crippen LogP contribution in [0.2, 0.25) is 0 Å². The summed E-state index contributed by atoms with van der Waals surface area (Å²) in [7, 11) is 1.59. The Bertz CT molecular complexity index is 751. The average Bonchev–Trinajstić information content (AvgIpc) is 2.62. The number of amides is 1. The zero-order valence-corrected chi connectivity index (χ0v) is 15.4. The molecule has 0 aromatic heterocycles. The van der Waals surface area contributed by atoms with Crippen molar-refractivity contribution >= 4 is 17.7 Å². The first-order chi connectivity index (χ1) is 12.5. The number of ether oxygens (including phenoxy) is 2. The second kappa shape index (κ2) is 9.51. The molecule has 2 N–H and O–H groups in total. The summed E-state index contributed by atoms with van der Waals surface area (Å²) in [6, 6.07) is 11.8. The molecule has 2 aromatic rings. The van der Waals surface area contributed by atoms with Crippen molar-refractivity contribution in [3.63, 3.8) is 0 Å². The van der Waals surface area contributed by atoms with E-state index in [1.807, 2.05) is 18.2 Å². The standard InChI is InChI=1S/C21H25NO4/c1-15(2)12-13-26-19-10-4-16(14-20(19)25-3)5-11-21(24)22-17-6-8-18(23)9-7-17/h4-11,14-15,23H,12-13H2,1-3H3,(H,22,24)/b11-5+. The van der Waals surface area contributed by atoms with Crippen LogP contribution in [0, 0.1) is 5.92 Å². The lowest BCUT2D eigenvalue weighted by molar-refractivity contribution is -0.111. The molecule has 0 saturated carbocycles. The van der Waals surface area contributed by atoms with E-state index in [4.69, 9.17) is 9.47 Å². The van der Waals surface area contributed by atoms with E-state index in [9.17, 15) is 9.90 Å². The number of phenols is 1. The summed E-state index contributed by atoms with van der Waals surface area (Å²) in [5, 5.41) is 12.0. The Morgan fingerprint density at radius 2 is 1.88 bits per heavy atom. The number of anilines is 1. The van der Waals surface area contributed by atoms with Crippen molar-refractivity contribution in [1.29, 1.82) is 0 Å². The lowest BCUT2D eigenvalue weighted by Gasteiger charge is -2.12. The number of nitrogens with one attached hydrogen (secondary N) is 1. The Morgan fingerprint density at radius 1 is 1.15 bits per heavy atom. The van der Waals surface area contributed by atoms with Crippen molar-refractivity contribution in [2.75, 3.05) is 19.0 Å². The molecule has 0 heterocycles. The lowest BCUT2D eigenvalue weighted by Crippen LogP contribution is -2.07. The molecule has 0 radical (unpaired) electrons. The summed E-state index contributed by atoms with van der Waals surface area (Å²) in [6.45, 7) is 4.94. The molecular weight excluding hydrogens is 330 g/mol. The number of carbonyl (C=O) groups excluding carboxylic acids is 1. The van der Waals surface area contributed by atoms with E-state index in [-0.39, 0.29) is 11.7 Å². The van der Waals surface area contributed by atoms with Gasteiger partial charge in [0.15, 0.2) is 11.5 Å². The van der Waals surface area contributed by atoms with Crippen molar-refractivity contribution in [3.05, 3.63) is 54.1 Å². The van der Waals surface area contributed by atoms with Crippen molar-refractivity contribution in [2.24, 2.45) is 5.92 Å². The maximum atomic E-state index is 12.0. The highest BCUT2D eigenvalue weighted by molar-refractivity contribution is 6.01. The van der Waals surface area contributed by atoms with Gasteiger partial charge >= 0.3 is 0 Å². The van der Waals surface area contributed by atoms with Gasteiger partial charge in [-0.05, 0) is 60.4 Å². The van der Waals surface area contributed by atoms with Crippen LogP contribution in [0.25, 0.3) is 6.08 Å². The van der Waals surface area contributed by atoms with Gasteiger partial charge in [-0.3, -0.25) is 4.79 Å². The first kappa shape index (κ1) is 19.4. The van der Waals surface area contributed by atoms with Crippen LogP contribution in [0.1, 0.15) is 25.8 Å². The van der Waals surface area contributed by atoms with Crippen LogP contribution in [0.15, 0.2) is 48.5 Å². The van der Waals surface area contributed by atoms with Crippen molar-refractivity contribution in [3.8, 4) is 17.2 Å². The van der Waals surface area contributed by atoms with Gasteiger partial charge in [0.1, 0.15) is 5.75 Å². The molecule has 0 spiro atoms. The van der Waals surface area contributed by atoms with E-state index in [2.05, 4.69) is 19.2 Å². The van der Waals surface area contributed by atoms with E-state index in [0.29, 0.717) is 29.7 Å². The van der Waals surface area contributed by atoms with Crippen LogP contribution in [0.5, 0.6) is 17.2 Å². The third-order valence-electron chi connectivity index (χ3n) is 3.70. The van der Waals surface area contributed by atoms with Gasteiger partial charge in [-0.2, -0.15) is 0 Å². The second-order valence-electron chi connectivity index (χ2n) is 6.31. The molecule has 0 saturated heterocycles. The van der Waals surface area contributed by atoms with Crippen LogP contribution >= 0.6 is 0 Å². The summed E-state index contributed by atoms with van der Waals surface area (Å²) in [4.78, 5) is 12.0. The smallest absolute Gasteiger partial charge is 0.248 e. The first-order valence-corrected chi connectivity index (χ1v) is 8.57. The Balaban J connectivity index is 1.98. The zero-order chi connectivity index (χ0) is 18.9. The minimum Gasteiger partial charge on any atom is -0.508 e. The van der Waals surface area contributed by atoms with Crippen LogP contribution in [-0.2, 0) is 4.79 Å². The maximum absolute atomic E-state index is 12.0. The predicted octanol–water partition coefficient (Wildman–Crippen LogP) is 4.48. The molecule has 138 valence electrons. The largest absolute Gasteiger partial charge is 0.508 e. The monoisotopic (exact) mass is 355 g/mol. The lowest BCUT2D eigenvalue weighted by atomic mass is 10.1. The number of hydrogen-bond acceptors (Lipinski definition) is 4. The van der Waals surface area contributed by atoms with Gasteiger partial charge in [-0.25, -0.2) is 0 Å². The number of phenolic OH excluding ortho intramolecular Hbond substituents is 1. The molecule has 0 unspecified atom stereocenters. The molecule has 5 heteroatoms. The van der Waals surface area contributed by atoms with Gasteiger partial charge < -0.3 is 19.9 Å². The van der Waals surface area contributed by atoms with E-state index in [1.165, 1.54) is 18.2 Å². The number of carbonyl (C=O) groups is 1. The SMILES string of the molecule is COc1cc(/C=C/C(=O)Nc2ccc(O)cc2)ccc1OCCC(C)C. The molecule has 5 nitrogen and oxygen atoms in total. The van der Waals surface area contributed by atoms with E-state index in [1.54, 1.807) is 25.3 Å². The topological polar surface area (TPSA) is 67.8 Å². The molecule has 2 aromatic carbocycles. The van der Waals surface area contributed by atoms with Crippen molar-refractivity contribution in [1.82, 2.24) is 0 Å². The third-order valence-corrected chi connectivity index (χ3v) is 3.70. The van der Waals surface area contributed by atoms with Gasteiger partial charge in [-0.1, -0.05) is 19.9 Å². The van der Waals surface area contributed by atoms with Crippen molar-refractivity contribution < 1.29 is 19.4 Å². The van der Waals surface area contributed by atoms with Gasteiger partial charge in [0, 0.05) is 11.8 Å². The highest BCUT2D eigenvalue weighted by atomic mass is 16.5. The molecule has 0 aliphatic heterocycles. The number of methoxy groups -OCH3 is 1. The Hall–Kier alpha value is -2.95. The van der Waals surface area contributed by atoms with Gasteiger partial charge in [-0.15, -0.1) is 0 Å². The molecule has 2 rings (SSSR count). The highest BCUT2D eigenvalue weighted by Crippen LogP contribution is 2.29. The fourth-order valence-electron chi connectivity index (χ4n) is 2.21. The van der Waals surface area contributed by atoms with Crippen LogP contribution in [-0.4, -0.2) is 24.7 Å². The van der Waals surface area contributed by atoms with Crippen LogP contribution in [0.3, 0.4) is 0 Å². The Morgan fingerprint density at radius 3 is 2.54 bits per heavy atom. The zero-order valence-electron chi connectivity index (χ0n) is 15.4. The summed E-state index contributed by atoms with van der Waals surface area (Å²) in [5.74, 6) is 1.80. The molecule has 0 fully saturated rings.